The molecule has 1 aromatic rings. The number of benzene rings is 1. The zero-order valence-electron chi connectivity index (χ0n) is 11.3. The second-order valence-corrected chi connectivity index (χ2v) is 4.47. The van der Waals surface area contributed by atoms with Gasteiger partial charge in [0.05, 0.1) is 24.2 Å². The van der Waals surface area contributed by atoms with Gasteiger partial charge in [0.2, 0.25) is 0 Å². The van der Waals surface area contributed by atoms with Crippen molar-refractivity contribution in [3.63, 3.8) is 0 Å². The van der Waals surface area contributed by atoms with Gasteiger partial charge in [-0.1, -0.05) is 0 Å². The van der Waals surface area contributed by atoms with Crippen LogP contribution in [0.1, 0.15) is 13.3 Å². The number of rotatable bonds is 6. The highest BCUT2D eigenvalue weighted by molar-refractivity contribution is 5.48. The maximum absolute atomic E-state index is 10.7. The average molecular weight is 283 g/mol. The summed E-state index contributed by atoms with van der Waals surface area (Å²) in [6, 6.07) is 4.15. The predicted octanol–water partition coefficient (Wildman–Crippen LogP) is 1.52. The Morgan fingerprint density at radius 2 is 2.20 bits per heavy atom. The van der Waals surface area contributed by atoms with E-state index in [1.165, 1.54) is 25.3 Å². The molecule has 7 nitrogen and oxygen atoms in total. The van der Waals surface area contributed by atoms with Crippen molar-refractivity contribution in [1.82, 2.24) is 0 Å². The summed E-state index contributed by atoms with van der Waals surface area (Å²) >= 11 is 0. The van der Waals surface area contributed by atoms with Gasteiger partial charge in [-0.3, -0.25) is 10.1 Å². The molecule has 1 N–H and O–H groups in total. The van der Waals surface area contributed by atoms with Gasteiger partial charge in [0, 0.05) is 19.1 Å². The number of methoxy groups -OCH3 is 1. The summed E-state index contributed by atoms with van der Waals surface area (Å²) in [5.74, 6) is 0.690. The van der Waals surface area contributed by atoms with E-state index >= 15 is 0 Å². The highest BCUT2D eigenvalue weighted by Gasteiger charge is 2.43. The third-order valence-electron chi connectivity index (χ3n) is 3.21. The number of nitrogens with zero attached hydrogens (tertiary/aromatic N) is 1. The van der Waals surface area contributed by atoms with Crippen LogP contribution >= 0.6 is 0 Å². The van der Waals surface area contributed by atoms with E-state index < -0.39 is 11.0 Å². The molecule has 0 amide bonds. The Labute approximate surface area is 116 Å². The predicted molar refractivity (Wildman–Crippen MR) is 70.1 cm³/mol. The minimum Gasteiger partial charge on any atom is -0.493 e. The third kappa shape index (κ3) is 2.83. The first-order chi connectivity index (χ1) is 9.56. The van der Waals surface area contributed by atoms with Gasteiger partial charge in [-0.25, -0.2) is 0 Å². The summed E-state index contributed by atoms with van der Waals surface area (Å²) in [7, 11) is 1.42. The van der Waals surface area contributed by atoms with Crippen molar-refractivity contribution in [2.45, 2.75) is 31.7 Å². The highest BCUT2D eigenvalue weighted by Crippen LogP contribution is 2.36. The fourth-order valence-electron chi connectivity index (χ4n) is 2.11. The van der Waals surface area contributed by atoms with Crippen molar-refractivity contribution in [2.75, 3.05) is 13.7 Å². The van der Waals surface area contributed by atoms with Gasteiger partial charge in [-0.15, -0.1) is 0 Å². The topological polar surface area (TPSA) is 91.1 Å². The Balaban J connectivity index is 2.11. The molecule has 3 atom stereocenters. The molecule has 0 aromatic heterocycles. The molecule has 20 heavy (non-hydrogen) atoms. The fraction of sp³-hybridized carbons (Fsp3) is 0.538. The van der Waals surface area contributed by atoms with Gasteiger partial charge >= 0.3 is 0 Å². The molecule has 0 saturated heterocycles. The lowest BCUT2D eigenvalue weighted by molar-refractivity contribution is -0.385. The number of aliphatic hydroxyl groups excluding tert-OH is 1. The number of nitro groups is 1. The normalized spacial score (nSPS) is 24.9. The molecule has 3 unspecified atom stereocenters. The van der Waals surface area contributed by atoms with Crippen molar-refractivity contribution in [2.24, 2.45) is 0 Å². The van der Waals surface area contributed by atoms with Gasteiger partial charge in [0.1, 0.15) is 12.2 Å². The molecule has 2 rings (SSSR count). The van der Waals surface area contributed by atoms with Crippen molar-refractivity contribution >= 4 is 5.69 Å². The van der Waals surface area contributed by atoms with Crippen LogP contribution in [-0.2, 0) is 4.74 Å². The zero-order chi connectivity index (χ0) is 14.7. The smallest absolute Gasteiger partial charge is 0.273 e. The summed E-state index contributed by atoms with van der Waals surface area (Å²) in [6.07, 6.45) is -0.727. The van der Waals surface area contributed by atoms with Gasteiger partial charge in [0.15, 0.2) is 11.5 Å². The Morgan fingerprint density at radius 1 is 1.45 bits per heavy atom. The first-order valence-electron chi connectivity index (χ1n) is 6.35. The van der Waals surface area contributed by atoms with Gasteiger partial charge in [0.25, 0.3) is 5.69 Å². The molecule has 0 radical (unpaired) electrons. The van der Waals surface area contributed by atoms with Crippen LogP contribution < -0.4 is 9.47 Å². The van der Waals surface area contributed by atoms with Crippen LogP contribution in [0.2, 0.25) is 0 Å². The molecule has 0 heterocycles. The molecule has 1 fully saturated rings. The minimum atomic E-state index is -0.538. The molecule has 0 spiro atoms. The summed E-state index contributed by atoms with van der Waals surface area (Å²) in [5.41, 5.74) is -0.0656. The Bertz CT molecular complexity index is 492. The molecule has 1 aliphatic carbocycles. The molecule has 0 aliphatic heterocycles. The molecule has 110 valence electrons. The molecule has 1 aromatic carbocycles. The summed E-state index contributed by atoms with van der Waals surface area (Å²) in [5, 5.41) is 20.3. The standard InChI is InChI=1S/C13H17NO6/c1-3-19-13-9(15)7-12(13)20-10-5-4-8(14(16)17)6-11(10)18-2/h4-6,9,12-13,15H,3,7H2,1-2H3. The van der Waals surface area contributed by atoms with Gasteiger partial charge in [-0.05, 0) is 13.0 Å². The van der Waals surface area contributed by atoms with Crippen LogP contribution in [-0.4, -0.2) is 42.1 Å². The van der Waals surface area contributed by atoms with Crippen molar-refractivity contribution in [3.8, 4) is 11.5 Å². The van der Waals surface area contributed by atoms with E-state index in [1.807, 2.05) is 6.92 Å². The minimum absolute atomic E-state index is 0.0656. The van der Waals surface area contributed by atoms with Gasteiger partial charge in [-0.2, -0.15) is 0 Å². The van der Waals surface area contributed by atoms with E-state index in [-0.39, 0.29) is 23.6 Å². The second-order valence-electron chi connectivity index (χ2n) is 4.47. The number of hydrogen-bond donors (Lipinski definition) is 1. The Morgan fingerprint density at radius 3 is 2.75 bits per heavy atom. The Hall–Kier alpha value is -1.86. The van der Waals surface area contributed by atoms with Crippen LogP contribution in [0.15, 0.2) is 18.2 Å². The van der Waals surface area contributed by atoms with E-state index in [0.717, 1.165) is 0 Å². The lowest BCUT2D eigenvalue weighted by Gasteiger charge is -2.40. The number of hydrogen-bond acceptors (Lipinski definition) is 6. The average Bonchev–Trinajstić information content (AvgIpc) is 2.44. The quantitative estimate of drug-likeness (QED) is 0.628. The molecule has 1 saturated carbocycles. The summed E-state index contributed by atoms with van der Waals surface area (Å²) < 4.78 is 16.2. The largest absolute Gasteiger partial charge is 0.493 e. The fourth-order valence-corrected chi connectivity index (χ4v) is 2.11. The highest BCUT2D eigenvalue weighted by atomic mass is 16.6. The third-order valence-corrected chi connectivity index (χ3v) is 3.21. The van der Waals surface area contributed by atoms with Crippen LogP contribution in [0.5, 0.6) is 11.5 Å². The van der Waals surface area contributed by atoms with Crippen molar-refractivity contribution < 1.29 is 24.2 Å². The summed E-state index contributed by atoms with van der Waals surface area (Å²) in [4.78, 5) is 10.2. The van der Waals surface area contributed by atoms with Gasteiger partial charge < -0.3 is 19.3 Å². The first-order valence-corrected chi connectivity index (χ1v) is 6.35. The zero-order valence-corrected chi connectivity index (χ0v) is 11.3. The van der Waals surface area contributed by atoms with Crippen LogP contribution in [0.4, 0.5) is 5.69 Å². The second kappa shape index (κ2) is 6.06. The number of nitro benzene ring substituents is 1. The maximum Gasteiger partial charge on any atom is 0.273 e. The van der Waals surface area contributed by atoms with Crippen LogP contribution in [0, 0.1) is 10.1 Å². The van der Waals surface area contributed by atoms with Crippen molar-refractivity contribution in [3.05, 3.63) is 28.3 Å². The molecule has 7 heteroatoms. The van der Waals surface area contributed by atoms with Crippen LogP contribution in [0.25, 0.3) is 0 Å². The molecular formula is C13H17NO6. The van der Waals surface area contributed by atoms with E-state index in [1.54, 1.807) is 0 Å². The monoisotopic (exact) mass is 283 g/mol. The van der Waals surface area contributed by atoms with E-state index in [4.69, 9.17) is 14.2 Å². The summed E-state index contributed by atoms with van der Waals surface area (Å²) in [6.45, 7) is 2.33. The number of non-ortho nitro benzene ring substituents is 1. The maximum atomic E-state index is 10.7. The number of ether oxygens (including phenoxy) is 3. The van der Waals surface area contributed by atoms with Crippen LogP contribution in [0.3, 0.4) is 0 Å². The number of aliphatic hydroxyl groups is 1. The molecule has 1 aliphatic rings. The lowest BCUT2D eigenvalue weighted by Crippen LogP contribution is -2.55. The lowest BCUT2D eigenvalue weighted by atomic mass is 9.88. The van der Waals surface area contributed by atoms with E-state index in [2.05, 4.69) is 0 Å². The first kappa shape index (κ1) is 14.5. The SMILES string of the molecule is CCOC1C(O)CC1Oc1ccc([N+](=O)[O-])cc1OC. The van der Waals surface area contributed by atoms with Crippen molar-refractivity contribution in [1.29, 1.82) is 0 Å². The molecular weight excluding hydrogens is 266 g/mol. The molecule has 0 bridgehead atoms. The van der Waals surface area contributed by atoms with E-state index in [0.29, 0.717) is 18.8 Å². The Kier molecular flexibility index (Phi) is 4.41. The van der Waals surface area contributed by atoms with E-state index in [9.17, 15) is 15.2 Å².